The van der Waals surface area contributed by atoms with Gasteiger partial charge in [0.15, 0.2) is 0 Å². The Morgan fingerprint density at radius 2 is 2.38 bits per heavy atom. The van der Waals surface area contributed by atoms with E-state index >= 15 is 0 Å². The molecular formula is C11H21NO4. The lowest BCUT2D eigenvalue weighted by Crippen LogP contribution is -2.43. The Bertz CT molecular complexity index is 234. The molecule has 1 fully saturated rings. The molecule has 0 aromatic rings. The van der Waals surface area contributed by atoms with Gasteiger partial charge in [-0.15, -0.1) is 0 Å². The highest BCUT2D eigenvalue weighted by Gasteiger charge is 2.33. The van der Waals surface area contributed by atoms with Crippen molar-refractivity contribution in [2.24, 2.45) is 5.92 Å². The molecule has 1 heterocycles. The maximum Gasteiger partial charge on any atom is 0.251 e. The number of carbonyl (C=O) groups is 1. The Kier molecular flexibility index (Phi) is 5.18. The predicted octanol–water partition coefficient (Wildman–Crippen LogP) is -0.123. The van der Waals surface area contributed by atoms with Gasteiger partial charge in [0.05, 0.1) is 12.7 Å². The summed E-state index contributed by atoms with van der Waals surface area (Å²) in [7, 11) is 3.20. The van der Waals surface area contributed by atoms with Crippen molar-refractivity contribution in [2.75, 3.05) is 33.9 Å². The van der Waals surface area contributed by atoms with Gasteiger partial charge in [-0.05, 0) is 12.3 Å². The highest BCUT2D eigenvalue weighted by Crippen LogP contribution is 2.21. The molecule has 3 atom stereocenters. The van der Waals surface area contributed by atoms with Crippen LogP contribution in [-0.2, 0) is 14.3 Å². The second-order valence-corrected chi connectivity index (χ2v) is 4.39. The Morgan fingerprint density at radius 1 is 1.69 bits per heavy atom. The highest BCUT2D eigenvalue weighted by atomic mass is 16.5. The SMILES string of the molecule is COCC(O)CN(C)C(=O)C1OCCC1C. The lowest BCUT2D eigenvalue weighted by atomic mass is 10.0. The minimum atomic E-state index is -0.643. The average Bonchev–Trinajstić information content (AvgIpc) is 2.63. The van der Waals surface area contributed by atoms with Crippen LogP contribution in [0.1, 0.15) is 13.3 Å². The van der Waals surface area contributed by atoms with E-state index in [9.17, 15) is 9.90 Å². The molecule has 5 nitrogen and oxygen atoms in total. The van der Waals surface area contributed by atoms with Crippen LogP contribution in [0.25, 0.3) is 0 Å². The summed E-state index contributed by atoms with van der Waals surface area (Å²) in [5, 5.41) is 9.52. The maximum atomic E-state index is 11.9. The number of amides is 1. The van der Waals surface area contributed by atoms with E-state index in [1.54, 1.807) is 7.05 Å². The molecule has 1 aliphatic rings. The van der Waals surface area contributed by atoms with Crippen molar-refractivity contribution >= 4 is 5.91 Å². The molecule has 0 spiro atoms. The summed E-state index contributed by atoms with van der Waals surface area (Å²) in [6, 6.07) is 0. The van der Waals surface area contributed by atoms with Gasteiger partial charge in [-0.2, -0.15) is 0 Å². The van der Waals surface area contributed by atoms with Crippen molar-refractivity contribution in [1.29, 1.82) is 0 Å². The van der Waals surface area contributed by atoms with E-state index in [1.807, 2.05) is 6.92 Å². The number of methoxy groups -OCH3 is 1. The number of aliphatic hydroxyl groups excluding tert-OH is 1. The molecule has 1 N–H and O–H groups in total. The zero-order chi connectivity index (χ0) is 12.1. The molecule has 0 radical (unpaired) electrons. The van der Waals surface area contributed by atoms with E-state index in [-0.39, 0.29) is 31.1 Å². The van der Waals surface area contributed by atoms with Gasteiger partial charge in [0.2, 0.25) is 0 Å². The van der Waals surface area contributed by atoms with Gasteiger partial charge >= 0.3 is 0 Å². The quantitative estimate of drug-likeness (QED) is 0.716. The number of hydrogen-bond donors (Lipinski definition) is 1. The van der Waals surface area contributed by atoms with Crippen LogP contribution in [0.4, 0.5) is 0 Å². The molecule has 0 bridgehead atoms. The maximum absolute atomic E-state index is 11.9. The van der Waals surface area contributed by atoms with Gasteiger partial charge < -0.3 is 19.5 Å². The normalized spacial score (nSPS) is 26.8. The van der Waals surface area contributed by atoms with Crippen LogP contribution in [0.3, 0.4) is 0 Å². The second kappa shape index (κ2) is 6.18. The first-order chi connectivity index (χ1) is 7.56. The first-order valence-electron chi connectivity index (χ1n) is 5.59. The van der Waals surface area contributed by atoms with E-state index in [2.05, 4.69) is 0 Å². The topological polar surface area (TPSA) is 59.0 Å². The van der Waals surface area contributed by atoms with Crippen molar-refractivity contribution in [3.05, 3.63) is 0 Å². The van der Waals surface area contributed by atoms with Crippen LogP contribution in [0, 0.1) is 5.92 Å². The highest BCUT2D eigenvalue weighted by molar-refractivity contribution is 5.81. The molecule has 16 heavy (non-hydrogen) atoms. The standard InChI is InChI=1S/C11H21NO4/c1-8-4-5-16-10(8)11(14)12(2)6-9(13)7-15-3/h8-10,13H,4-7H2,1-3H3. The van der Waals surface area contributed by atoms with Crippen molar-refractivity contribution < 1.29 is 19.4 Å². The fourth-order valence-corrected chi connectivity index (χ4v) is 1.88. The summed E-state index contributed by atoms with van der Waals surface area (Å²) >= 11 is 0. The first kappa shape index (κ1) is 13.4. The summed E-state index contributed by atoms with van der Waals surface area (Å²) in [6.45, 7) is 3.17. The summed E-state index contributed by atoms with van der Waals surface area (Å²) in [4.78, 5) is 13.5. The number of hydrogen-bond acceptors (Lipinski definition) is 4. The van der Waals surface area contributed by atoms with Crippen molar-refractivity contribution in [3.63, 3.8) is 0 Å². The summed E-state index contributed by atoms with van der Waals surface area (Å²) in [5.74, 6) is 0.203. The van der Waals surface area contributed by atoms with E-state index in [0.29, 0.717) is 6.61 Å². The number of carbonyl (C=O) groups excluding carboxylic acids is 1. The van der Waals surface area contributed by atoms with Crippen LogP contribution >= 0.6 is 0 Å². The van der Waals surface area contributed by atoms with Crippen LogP contribution in [0.15, 0.2) is 0 Å². The van der Waals surface area contributed by atoms with Crippen LogP contribution in [0.5, 0.6) is 0 Å². The first-order valence-corrected chi connectivity index (χ1v) is 5.59. The number of likely N-dealkylation sites (N-methyl/N-ethyl adjacent to an activating group) is 1. The minimum Gasteiger partial charge on any atom is -0.389 e. The lowest BCUT2D eigenvalue weighted by Gasteiger charge is -2.24. The van der Waals surface area contributed by atoms with Gasteiger partial charge in [-0.1, -0.05) is 6.92 Å². The Labute approximate surface area is 96.3 Å². The molecule has 0 aliphatic carbocycles. The molecule has 94 valence electrons. The van der Waals surface area contributed by atoms with E-state index in [4.69, 9.17) is 9.47 Å². The number of ether oxygens (including phenoxy) is 2. The lowest BCUT2D eigenvalue weighted by molar-refractivity contribution is -0.142. The zero-order valence-electron chi connectivity index (χ0n) is 10.2. The molecule has 1 rings (SSSR count). The Balaban J connectivity index is 2.40. The Morgan fingerprint density at radius 3 is 2.88 bits per heavy atom. The van der Waals surface area contributed by atoms with Gasteiger partial charge in [0, 0.05) is 27.3 Å². The van der Waals surface area contributed by atoms with Crippen LogP contribution in [-0.4, -0.2) is 62.0 Å². The van der Waals surface area contributed by atoms with E-state index in [1.165, 1.54) is 12.0 Å². The molecule has 3 unspecified atom stereocenters. The van der Waals surface area contributed by atoms with Gasteiger partial charge in [-0.25, -0.2) is 0 Å². The molecule has 0 aromatic carbocycles. The Hall–Kier alpha value is -0.650. The monoisotopic (exact) mass is 231 g/mol. The molecule has 0 saturated carbocycles. The molecule has 5 heteroatoms. The number of nitrogens with zero attached hydrogens (tertiary/aromatic N) is 1. The number of aliphatic hydroxyl groups is 1. The molecule has 1 aliphatic heterocycles. The third-order valence-corrected chi connectivity index (χ3v) is 2.85. The van der Waals surface area contributed by atoms with Gasteiger partial charge in [0.25, 0.3) is 5.91 Å². The van der Waals surface area contributed by atoms with E-state index < -0.39 is 6.10 Å². The molecular weight excluding hydrogens is 210 g/mol. The van der Waals surface area contributed by atoms with Crippen LogP contribution < -0.4 is 0 Å². The van der Waals surface area contributed by atoms with Crippen LogP contribution in [0.2, 0.25) is 0 Å². The van der Waals surface area contributed by atoms with Crippen molar-refractivity contribution in [1.82, 2.24) is 4.90 Å². The van der Waals surface area contributed by atoms with Gasteiger partial charge in [0.1, 0.15) is 6.10 Å². The third-order valence-electron chi connectivity index (χ3n) is 2.85. The summed E-state index contributed by atoms with van der Waals surface area (Å²) < 4.78 is 10.2. The van der Waals surface area contributed by atoms with Crippen molar-refractivity contribution in [2.45, 2.75) is 25.6 Å². The third kappa shape index (κ3) is 3.43. The second-order valence-electron chi connectivity index (χ2n) is 4.39. The fourth-order valence-electron chi connectivity index (χ4n) is 1.88. The fraction of sp³-hybridized carbons (Fsp3) is 0.909. The van der Waals surface area contributed by atoms with Crippen molar-refractivity contribution in [3.8, 4) is 0 Å². The molecule has 1 amide bonds. The summed E-state index contributed by atoms with van der Waals surface area (Å²) in [6.07, 6.45) is -0.0689. The average molecular weight is 231 g/mol. The largest absolute Gasteiger partial charge is 0.389 e. The number of rotatable bonds is 5. The van der Waals surface area contributed by atoms with Gasteiger partial charge in [-0.3, -0.25) is 4.79 Å². The predicted molar refractivity (Wildman–Crippen MR) is 59.0 cm³/mol. The molecule has 0 aromatic heterocycles. The smallest absolute Gasteiger partial charge is 0.251 e. The van der Waals surface area contributed by atoms with E-state index in [0.717, 1.165) is 6.42 Å². The molecule has 1 saturated heterocycles. The summed E-state index contributed by atoms with van der Waals surface area (Å²) in [5.41, 5.74) is 0. The zero-order valence-corrected chi connectivity index (χ0v) is 10.2. The minimum absolute atomic E-state index is 0.0554.